The molecule has 6 heteroatoms. The highest BCUT2D eigenvalue weighted by atomic mass is 32.2. The molecule has 1 N–H and O–H groups in total. The molecule has 0 radical (unpaired) electrons. The second kappa shape index (κ2) is 9.03. The summed E-state index contributed by atoms with van der Waals surface area (Å²) in [5.41, 5.74) is 1.50. The van der Waals surface area contributed by atoms with Crippen LogP contribution in [-0.2, 0) is 10.5 Å². The Hall–Kier alpha value is -2.60. The Balaban J connectivity index is 2.16. The predicted molar refractivity (Wildman–Crippen MR) is 96.6 cm³/mol. The van der Waals surface area contributed by atoms with Gasteiger partial charge in [0.2, 0.25) is 0 Å². The van der Waals surface area contributed by atoms with Gasteiger partial charge in [-0.25, -0.2) is 4.39 Å². The van der Waals surface area contributed by atoms with Gasteiger partial charge in [0.1, 0.15) is 11.6 Å². The molecule has 0 saturated heterocycles. The Morgan fingerprint density at radius 2 is 2.00 bits per heavy atom. The Labute approximate surface area is 149 Å². The number of benzene rings is 2. The maximum atomic E-state index is 13.6. The topological polar surface area (TPSA) is 63.6 Å². The Morgan fingerprint density at radius 1 is 1.24 bits per heavy atom. The van der Waals surface area contributed by atoms with Crippen molar-refractivity contribution in [1.82, 2.24) is 0 Å². The maximum Gasteiger partial charge on any atom is 0.313 e. The van der Waals surface area contributed by atoms with E-state index in [1.807, 2.05) is 0 Å². The molecule has 130 valence electrons. The van der Waals surface area contributed by atoms with E-state index in [0.717, 1.165) is 5.56 Å². The zero-order valence-corrected chi connectivity index (χ0v) is 14.4. The number of aliphatic carboxylic acids is 1. The van der Waals surface area contributed by atoms with E-state index in [0.29, 0.717) is 22.6 Å². The highest BCUT2D eigenvalue weighted by Crippen LogP contribution is 2.25. The van der Waals surface area contributed by atoms with Crippen molar-refractivity contribution in [3.63, 3.8) is 0 Å². The maximum absolute atomic E-state index is 13.6. The van der Waals surface area contributed by atoms with Gasteiger partial charge in [-0.3, -0.25) is 9.59 Å². The van der Waals surface area contributed by atoms with Crippen molar-refractivity contribution < 1.29 is 23.8 Å². The van der Waals surface area contributed by atoms with Gasteiger partial charge in [0.25, 0.3) is 0 Å². The van der Waals surface area contributed by atoms with E-state index in [4.69, 9.17) is 9.84 Å². The average Bonchev–Trinajstić information content (AvgIpc) is 2.60. The number of ketones is 1. The number of allylic oxidation sites excluding steroid dienone is 1. The molecule has 0 heterocycles. The molecule has 0 spiro atoms. The lowest BCUT2D eigenvalue weighted by atomic mass is 10.1. The van der Waals surface area contributed by atoms with Crippen LogP contribution in [0, 0.1) is 5.82 Å². The van der Waals surface area contributed by atoms with Gasteiger partial charge < -0.3 is 9.84 Å². The SMILES string of the molecule is COc1ccc(C(=O)C=Cc2ccccc2F)cc1CSCC(=O)O. The molecule has 0 aliphatic heterocycles. The normalized spacial score (nSPS) is 10.8. The van der Waals surface area contributed by atoms with Crippen LogP contribution in [0.5, 0.6) is 5.75 Å². The number of carbonyl (C=O) groups is 2. The van der Waals surface area contributed by atoms with E-state index in [1.54, 1.807) is 36.4 Å². The smallest absolute Gasteiger partial charge is 0.313 e. The zero-order chi connectivity index (χ0) is 18.2. The van der Waals surface area contributed by atoms with Crippen LogP contribution in [-0.4, -0.2) is 29.7 Å². The van der Waals surface area contributed by atoms with Crippen LogP contribution in [0.3, 0.4) is 0 Å². The van der Waals surface area contributed by atoms with Crippen LogP contribution >= 0.6 is 11.8 Å². The minimum atomic E-state index is -0.899. The van der Waals surface area contributed by atoms with E-state index in [2.05, 4.69) is 0 Å². The van der Waals surface area contributed by atoms with Crippen LogP contribution < -0.4 is 4.74 Å². The quantitative estimate of drug-likeness (QED) is 0.568. The van der Waals surface area contributed by atoms with Gasteiger partial charge in [-0.1, -0.05) is 18.2 Å². The molecule has 0 saturated carbocycles. The first-order chi connectivity index (χ1) is 12.0. The molecule has 0 amide bonds. The molecule has 0 aliphatic carbocycles. The fourth-order valence-corrected chi connectivity index (χ4v) is 2.89. The first-order valence-corrected chi connectivity index (χ1v) is 8.60. The Morgan fingerprint density at radius 3 is 2.68 bits per heavy atom. The Bertz CT molecular complexity index is 802. The molecule has 0 aliphatic rings. The number of hydrogen-bond acceptors (Lipinski definition) is 4. The molecule has 0 aromatic heterocycles. The second-order valence-corrected chi connectivity index (χ2v) is 6.12. The molecule has 2 aromatic rings. The van der Waals surface area contributed by atoms with Gasteiger partial charge >= 0.3 is 5.97 Å². The van der Waals surface area contributed by atoms with Gasteiger partial charge in [-0.15, -0.1) is 11.8 Å². The predicted octanol–water partition coefficient (Wildman–Crippen LogP) is 4.05. The minimum absolute atomic E-state index is 0.0332. The summed E-state index contributed by atoms with van der Waals surface area (Å²) in [6.07, 6.45) is 2.75. The van der Waals surface area contributed by atoms with Crippen LogP contribution in [0.1, 0.15) is 21.5 Å². The summed E-state index contributed by atoms with van der Waals surface area (Å²) >= 11 is 1.22. The van der Waals surface area contributed by atoms with Gasteiger partial charge in [0.15, 0.2) is 5.78 Å². The lowest BCUT2D eigenvalue weighted by Crippen LogP contribution is -2.01. The standard InChI is InChI=1S/C19H17FO4S/c1-24-18-9-7-14(10-15(18)11-25-12-19(22)23)17(21)8-6-13-4-2-3-5-16(13)20/h2-10H,11-12H2,1H3,(H,22,23). The van der Waals surface area contributed by atoms with Gasteiger partial charge in [0.05, 0.1) is 12.9 Å². The molecule has 0 fully saturated rings. The lowest BCUT2D eigenvalue weighted by molar-refractivity contribution is -0.133. The summed E-state index contributed by atoms with van der Waals surface area (Å²) in [6, 6.07) is 11.1. The largest absolute Gasteiger partial charge is 0.496 e. The fraction of sp³-hybridized carbons (Fsp3) is 0.158. The summed E-state index contributed by atoms with van der Waals surface area (Å²) in [6.45, 7) is 0. The molecule has 2 rings (SSSR count). The van der Waals surface area contributed by atoms with E-state index >= 15 is 0 Å². The molecule has 2 aromatic carbocycles. The third kappa shape index (κ3) is 5.46. The van der Waals surface area contributed by atoms with E-state index in [1.165, 1.54) is 37.1 Å². The number of carboxylic acids is 1. The Kier molecular flexibility index (Phi) is 6.77. The summed E-state index contributed by atoms with van der Waals surface area (Å²) < 4.78 is 18.8. The number of carboxylic acid groups (broad SMARTS) is 1. The number of carbonyl (C=O) groups excluding carboxylic acids is 1. The van der Waals surface area contributed by atoms with E-state index < -0.39 is 11.8 Å². The molecule has 4 nitrogen and oxygen atoms in total. The van der Waals surface area contributed by atoms with Crippen molar-refractivity contribution in [3.8, 4) is 5.75 Å². The summed E-state index contributed by atoms with van der Waals surface area (Å²) in [4.78, 5) is 22.9. The highest BCUT2D eigenvalue weighted by Gasteiger charge is 2.10. The molecule has 0 unspecified atom stereocenters. The third-order valence-corrected chi connectivity index (χ3v) is 4.33. The first-order valence-electron chi connectivity index (χ1n) is 7.44. The monoisotopic (exact) mass is 360 g/mol. The summed E-state index contributed by atoms with van der Waals surface area (Å²) in [7, 11) is 1.51. The van der Waals surface area contributed by atoms with Crippen molar-refractivity contribution in [2.24, 2.45) is 0 Å². The van der Waals surface area contributed by atoms with Crippen molar-refractivity contribution >= 4 is 29.6 Å². The van der Waals surface area contributed by atoms with Crippen molar-refractivity contribution in [2.75, 3.05) is 12.9 Å². The van der Waals surface area contributed by atoms with Crippen molar-refractivity contribution in [1.29, 1.82) is 0 Å². The van der Waals surface area contributed by atoms with Gasteiger partial charge in [-0.05, 0) is 36.4 Å². The lowest BCUT2D eigenvalue weighted by Gasteiger charge is -2.09. The molecule has 0 atom stereocenters. The van der Waals surface area contributed by atoms with Crippen LogP contribution in [0.25, 0.3) is 6.08 Å². The zero-order valence-electron chi connectivity index (χ0n) is 13.6. The first kappa shape index (κ1) is 18.7. The minimum Gasteiger partial charge on any atom is -0.496 e. The van der Waals surface area contributed by atoms with Crippen LogP contribution in [0.4, 0.5) is 4.39 Å². The number of hydrogen-bond donors (Lipinski definition) is 1. The third-order valence-electron chi connectivity index (χ3n) is 3.37. The van der Waals surface area contributed by atoms with Crippen LogP contribution in [0.15, 0.2) is 48.5 Å². The highest BCUT2D eigenvalue weighted by molar-refractivity contribution is 7.99. The van der Waals surface area contributed by atoms with Gasteiger partial charge in [-0.2, -0.15) is 0 Å². The molecular weight excluding hydrogens is 343 g/mol. The second-order valence-electron chi connectivity index (χ2n) is 5.13. The number of rotatable bonds is 8. The van der Waals surface area contributed by atoms with E-state index in [-0.39, 0.29) is 11.5 Å². The fourth-order valence-electron chi connectivity index (χ4n) is 2.16. The number of methoxy groups -OCH3 is 1. The van der Waals surface area contributed by atoms with E-state index in [9.17, 15) is 14.0 Å². The average molecular weight is 360 g/mol. The van der Waals surface area contributed by atoms with Crippen LogP contribution in [0.2, 0.25) is 0 Å². The van der Waals surface area contributed by atoms with Crippen molar-refractivity contribution in [2.45, 2.75) is 5.75 Å². The number of halogens is 1. The number of ether oxygens (including phenoxy) is 1. The molecule has 25 heavy (non-hydrogen) atoms. The van der Waals surface area contributed by atoms with Crippen molar-refractivity contribution in [3.05, 3.63) is 71.0 Å². The number of thioether (sulfide) groups is 1. The molecular formula is C19H17FO4S. The summed E-state index contributed by atoms with van der Waals surface area (Å²) in [5.74, 6) is -0.596. The summed E-state index contributed by atoms with van der Waals surface area (Å²) in [5, 5.41) is 8.72. The van der Waals surface area contributed by atoms with Gasteiger partial charge in [0, 0.05) is 22.4 Å². The molecule has 0 bridgehead atoms.